The fourth-order valence-corrected chi connectivity index (χ4v) is 2.40. The molecule has 1 aromatic carbocycles. The summed E-state index contributed by atoms with van der Waals surface area (Å²) in [6, 6.07) is 10.3. The normalized spacial score (nSPS) is 11.0. The van der Waals surface area contributed by atoms with Gasteiger partial charge in [-0.1, -0.05) is 19.9 Å². The van der Waals surface area contributed by atoms with Crippen LogP contribution >= 0.6 is 0 Å². The van der Waals surface area contributed by atoms with Gasteiger partial charge in [0.15, 0.2) is 0 Å². The molecule has 3 aromatic rings. The van der Waals surface area contributed by atoms with Gasteiger partial charge in [0.2, 0.25) is 0 Å². The second-order valence-electron chi connectivity index (χ2n) is 5.80. The van der Waals surface area contributed by atoms with Gasteiger partial charge in [0.05, 0.1) is 5.52 Å². The van der Waals surface area contributed by atoms with E-state index in [9.17, 15) is 0 Å². The molecular formula is C18H20N4. The highest BCUT2D eigenvalue weighted by molar-refractivity contribution is 5.92. The molecule has 2 heterocycles. The van der Waals surface area contributed by atoms with Crippen molar-refractivity contribution in [1.29, 1.82) is 0 Å². The van der Waals surface area contributed by atoms with Gasteiger partial charge in [0, 0.05) is 24.3 Å². The van der Waals surface area contributed by atoms with Crippen LogP contribution in [-0.2, 0) is 0 Å². The SMILES string of the molecule is CC(C)CCNc1ncnc2ccc(-c3ccncc3)cc12. The van der Waals surface area contributed by atoms with Gasteiger partial charge in [-0.15, -0.1) is 0 Å². The molecular weight excluding hydrogens is 272 g/mol. The number of hydrogen-bond donors (Lipinski definition) is 1. The van der Waals surface area contributed by atoms with Crippen molar-refractivity contribution >= 4 is 16.7 Å². The second-order valence-corrected chi connectivity index (χ2v) is 5.80. The Morgan fingerprint density at radius 1 is 1.00 bits per heavy atom. The van der Waals surface area contributed by atoms with E-state index in [1.807, 2.05) is 30.6 Å². The molecule has 0 radical (unpaired) electrons. The van der Waals surface area contributed by atoms with Crippen LogP contribution in [0.25, 0.3) is 22.0 Å². The zero-order valence-electron chi connectivity index (χ0n) is 13.0. The lowest BCUT2D eigenvalue weighted by Gasteiger charge is -2.10. The third-order valence-electron chi connectivity index (χ3n) is 3.66. The van der Waals surface area contributed by atoms with Crippen LogP contribution in [0, 0.1) is 5.92 Å². The number of nitrogens with one attached hydrogen (secondary N) is 1. The molecule has 0 aliphatic carbocycles. The van der Waals surface area contributed by atoms with Gasteiger partial charge in [0.25, 0.3) is 0 Å². The van der Waals surface area contributed by atoms with E-state index in [-0.39, 0.29) is 0 Å². The zero-order chi connectivity index (χ0) is 15.4. The minimum atomic E-state index is 0.674. The van der Waals surface area contributed by atoms with Crippen molar-refractivity contribution in [3.8, 4) is 11.1 Å². The fraction of sp³-hybridized carbons (Fsp3) is 0.278. The topological polar surface area (TPSA) is 50.7 Å². The minimum absolute atomic E-state index is 0.674. The monoisotopic (exact) mass is 292 g/mol. The fourth-order valence-electron chi connectivity index (χ4n) is 2.40. The number of aromatic nitrogens is 3. The predicted molar refractivity (Wildman–Crippen MR) is 90.7 cm³/mol. The van der Waals surface area contributed by atoms with Gasteiger partial charge in [-0.05, 0) is 47.7 Å². The first-order chi connectivity index (χ1) is 10.7. The summed E-state index contributed by atoms with van der Waals surface area (Å²) >= 11 is 0. The maximum absolute atomic E-state index is 4.40. The van der Waals surface area contributed by atoms with Crippen molar-refractivity contribution in [1.82, 2.24) is 15.0 Å². The van der Waals surface area contributed by atoms with Crippen molar-refractivity contribution in [3.63, 3.8) is 0 Å². The molecule has 4 heteroatoms. The molecule has 112 valence electrons. The van der Waals surface area contributed by atoms with Gasteiger partial charge in [-0.2, -0.15) is 0 Å². The predicted octanol–water partition coefficient (Wildman–Crippen LogP) is 4.15. The summed E-state index contributed by atoms with van der Waals surface area (Å²) in [6.07, 6.45) is 6.35. The van der Waals surface area contributed by atoms with Crippen molar-refractivity contribution in [3.05, 3.63) is 49.1 Å². The number of anilines is 1. The Morgan fingerprint density at radius 3 is 2.59 bits per heavy atom. The summed E-state index contributed by atoms with van der Waals surface area (Å²) < 4.78 is 0. The average molecular weight is 292 g/mol. The summed E-state index contributed by atoms with van der Waals surface area (Å²) in [5.41, 5.74) is 3.25. The quantitative estimate of drug-likeness (QED) is 0.767. The Bertz CT molecular complexity index is 753. The molecule has 0 aliphatic rings. The van der Waals surface area contributed by atoms with Gasteiger partial charge in [-0.25, -0.2) is 9.97 Å². The van der Waals surface area contributed by atoms with Crippen LogP contribution in [-0.4, -0.2) is 21.5 Å². The van der Waals surface area contributed by atoms with E-state index in [4.69, 9.17) is 0 Å². The van der Waals surface area contributed by atoms with Crippen LogP contribution in [0.2, 0.25) is 0 Å². The molecule has 2 aromatic heterocycles. The van der Waals surface area contributed by atoms with E-state index in [1.165, 1.54) is 0 Å². The first-order valence-electron chi connectivity index (χ1n) is 7.63. The van der Waals surface area contributed by atoms with E-state index in [0.29, 0.717) is 5.92 Å². The number of benzene rings is 1. The molecule has 4 nitrogen and oxygen atoms in total. The molecule has 3 rings (SSSR count). The lowest BCUT2D eigenvalue weighted by atomic mass is 10.0. The second kappa shape index (κ2) is 6.52. The van der Waals surface area contributed by atoms with Crippen molar-refractivity contribution in [2.24, 2.45) is 5.92 Å². The molecule has 0 saturated carbocycles. The third-order valence-corrected chi connectivity index (χ3v) is 3.66. The highest BCUT2D eigenvalue weighted by atomic mass is 15.0. The molecule has 0 fully saturated rings. The zero-order valence-corrected chi connectivity index (χ0v) is 13.0. The van der Waals surface area contributed by atoms with Crippen LogP contribution in [0.5, 0.6) is 0 Å². The number of hydrogen-bond acceptors (Lipinski definition) is 4. The smallest absolute Gasteiger partial charge is 0.137 e. The van der Waals surface area contributed by atoms with Crippen molar-refractivity contribution in [2.45, 2.75) is 20.3 Å². The lowest BCUT2D eigenvalue weighted by Crippen LogP contribution is -2.06. The van der Waals surface area contributed by atoms with Gasteiger partial charge in [0.1, 0.15) is 12.1 Å². The number of rotatable bonds is 5. The van der Waals surface area contributed by atoms with E-state index >= 15 is 0 Å². The van der Waals surface area contributed by atoms with Crippen LogP contribution in [0.4, 0.5) is 5.82 Å². The van der Waals surface area contributed by atoms with Crippen molar-refractivity contribution < 1.29 is 0 Å². The number of fused-ring (bicyclic) bond motifs is 1. The largest absolute Gasteiger partial charge is 0.369 e. The van der Waals surface area contributed by atoms with Crippen LogP contribution in [0.3, 0.4) is 0 Å². The Hall–Kier alpha value is -2.49. The van der Waals surface area contributed by atoms with E-state index < -0.39 is 0 Å². The van der Waals surface area contributed by atoms with Crippen molar-refractivity contribution in [2.75, 3.05) is 11.9 Å². The molecule has 0 aliphatic heterocycles. The highest BCUT2D eigenvalue weighted by Gasteiger charge is 2.06. The first kappa shape index (κ1) is 14.4. The van der Waals surface area contributed by atoms with Gasteiger partial charge >= 0.3 is 0 Å². The summed E-state index contributed by atoms with van der Waals surface area (Å²) in [5, 5.41) is 4.49. The number of nitrogens with zero attached hydrogens (tertiary/aromatic N) is 3. The highest BCUT2D eigenvalue weighted by Crippen LogP contribution is 2.26. The summed E-state index contributed by atoms with van der Waals surface area (Å²) in [6.45, 7) is 5.37. The molecule has 0 atom stereocenters. The molecule has 0 unspecified atom stereocenters. The maximum atomic E-state index is 4.40. The van der Waals surface area contributed by atoms with Crippen LogP contribution < -0.4 is 5.32 Å². The third kappa shape index (κ3) is 3.22. The molecule has 1 N–H and O–H groups in total. The standard InChI is InChI=1S/C18H20N4/c1-13(2)5-10-20-18-16-11-15(14-6-8-19-9-7-14)3-4-17(16)21-12-22-18/h3-4,6-9,11-13H,5,10H2,1-2H3,(H,20,21,22). The minimum Gasteiger partial charge on any atom is -0.369 e. The Morgan fingerprint density at radius 2 is 1.82 bits per heavy atom. The lowest BCUT2D eigenvalue weighted by molar-refractivity contribution is 0.607. The maximum Gasteiger partial charge on any atom is 0.137 e. The molecule has 0 bridgehead atoms. The Labute approximate surface area is 130 Å². The molecule has 22 heavy (non-hydrogen) atoms. The summed E-state index contributed by atoms with van der Waals surface area (Å²) in [4.78, 5) is 12.8. The molecule has 0 amide bonds. The average Bonchev–Trinajstić information content (AvgIpc) is 2.55. The van der Waals surface area contributed by atoms with E-state index in [0.717, 1.165) is 40.8 Å². The van der Waals surface area contributed by atoms with Gasteiger partial charge < -0.3 is 5.32 Å². The first-order valence-corrected chi connectivity index (χ1v) is 7.63. The van der Waals surface area contributed by atoms with Gasteiger partial charge in [-0.3, -0.25) is 4.98 Å². The summed E-state index contributed by atoms with van der Waals surface area (Å²) in [7, 11) is 0. The Balaban J connectivity index is 1.95. The number of pyridine rings is 1. The van der Waals surface area contributed by atoms with E-state index in [2.05, 4.69) is 46.2 Å². The molecule has 0 saturated heterocycles. The van der Waals surface area contributed by atoms with E-state index in [1.54, 1.807) is 6.33 Å². The Kier molecular flexibility index (Phi) is 4.28. The van der Waals surface area contributed by atoms with Crippen LogP contribution in [0.15, 0.2) is 49.1 Å². The molecule has 0 spiro atoms. The van der Waals surface area contributed by atoms with Crippen LogP contribution in [0.1, 0.15) is 20.3 Å². The summed E-state index contributed by atoms with van der Waals surface area (Å²) in [5.74, 6) is 1.58.